The number of rotatable bonds is 3. The first-order valence-corrected chi connectivity index (χ1v) is 8.30. The first kappa shape index (κ1) is 15.9. The van der Waals surface area contributed by atoms with Gasteiger partial charge >= 0.3 is 0 Å². The van der Waals surface area contributed by atoms with Gasteiger partial charge < -0.3 is 10.8 Å². The van der Waals surface area contributed by atoms with Gasteiger partial charge in [0.25, 0.3) is 10.1 Å². The monoisotopic (exact) mass is 343 g/mol. The summed E-state index contributed by atoms with van der Waals surface area (Å²) in [6, 6.07) is 14.2. The third kappa shape index (κ3) is 3.05. The van der Waals surface area contributed by atoms with Crippen molar-refractivity contribution < 1.29 is 18.1 Å². The van der Waals surface area contributed by atoms with Gasteiger partial charge in [-0.25, -0.2) is 0 Å². The second-order valence-electron chi connectivity index (χ2n) is 5.05. The standard InChI is InChI=1S/C16H13N3O4S/c17-13-7-6-10-8-12(24(21,22)23)9-14(20)15(10)16(13)19-18-11-4-2-1-3-5-11/h1-9,20H,17H2,(H,21,22,23)/b19-18+. The molecule has 0 amide bonds. The smallest absolute Gasteiger partial charge is 0.294 e. The summed E-state index contributed by atoms with van der Waals surface area (Å²) in [4.78, 5) is -0.414. The fourth-order valence-corrected chi connectivity index (χ4v) is 2.81. The van der Waals surface area contributed by atoms with Crippen molar-refractivity contribution in [3.8, 4) is 5.75 Å². The van der Waals surface area contributed by atoms with Crippen LogP contribution in [0.1, 0.15) is 0 Å². The minimum absolute atomic E-state index is 0.218. The van der Waals surface area contributed by atoms with Crippen LogP contribution in [0.25, 0.3) is 10.8 Å². The molecular formula is C16H13N3O4S. The Morgan fingerprint density at radius 1 is 0.958 bits per heavy atom. The second kappa shape index (κ2) is 5.91. The van der Waals surface area contributed by atoms with E-state index in [1.165, 1.54) is 18.2 Å². The highest BCUT2D eigenvalue weighted by atomic mass is 32.2. The van der Waals surface area contributed by atoms with Crippen molar-refractivity contribution in [2.75, 3.05) is 5.73 Å². The van der Waals surface area contributed by atoms with Crippen LogP contribution in [0.3, 0.4) is 0 Å². The van der Waals surface area contributed by atoms with E-state index in [1.54, 1.807) is 24.3 Å². The fourth-order valence-electron chi connectivity index (χ4n) is 2.27. The van der Waals surface area contributed by atoms with Gasteiger partial charge in [0.1, 0.15) is 11.4 Å². The third-order valence-corrected chi connectivity index (χ3v) is 4.23. The topological polar surface area (TPSA) is 125 Å². The van der Waals surface area contributed by atoms with Crippen LogP contribution < -0.4 is 5.73 Å². The molecule has 0 aliphatic carbocycles. The third-order valence-electron chi connectivity index (χ3n) is 3.39. The number of nitrogens with two attached hydrogens (primary N) is 1. The Morgan fingerprint density at radius 3 is 2.33 bits per heavy atom. The maximum absolute atomic E-state index is 11.3. The summed E-state index contributed by atoms with van der Waals surface area (Å²) in [5, 5.41) is 18.9. The zero-order chi connectivity index (χ0) is 17.3. The predicted molar refractivity (Wildman–Crippen MR) is 90.5 cm³/mol. The van der Waals surface area contributed by atoms with E-state index >= 15 is 0 Å². The molecule has 0 saturated heterocycles. The van der Waals surface area contributed by atoms with Gasteiger partial charge in [-0.05, 0) is 29.7 Å². The van der Waals surface area contributed by atoms with Gasteiger partial charge in [-0.1, -0.05) is 24.3 Å². The summed E-state index contributed by atoms with van der Waals surface area (Å²) in [6.07, 6.45) is 0. The average Bonchev–Trinajstić information content (AvgIpc) is 2.54. The minimum atomic E-state index is -4.44. The van der Waals surface area contributed by atoms with E-state index in [-0.39, 0.29) is 22.5 Å². The SMILES string of the molecule is Nc1ccc2cc(S(=O)(=O)O)cc(O)c2c1/N=N/c1ccccc1. The Balaban J connectivity index is 2.21. The second-order valence-corrected chi connectivity index (χ2v) is 6.48. The van der Waals surface area contributed by atoms with Crippen molar-refractivity contribution in [3.05, 3.63) is 54.6 Å². The summed E-state index contributed by atoms with van der Waals surface area (Å²) in [5.74, 6) is -0.366. The van der Waals surface area contributed by atoms with Crippen LogP contribution in [-0.4, -0.2) is 18.1 Å². The number of nitrogens with zero attached hydrogens (tertiary/aromatic N) is 2. The average molecular weight is 343 g/mol. The molecule has 4 N–H and O–H groups in total. The molecule has 8 heteroatoms. The number of anilines is 1. The Hall–Kier alpha value is -2.97. The number of hydrogen-bond donors (Lipinski definition) is 3. The molecule has 0 fully saturated rings. The molecule has 0 aromatic heterocycles. The van der Waals surface area contributed by atoms with E-state index in [0.717, 1.165) is 6.07 Å². The van der Waals surface area contributed by atoms with Gasteiger partial charge in [0.15, 0.2) is 0 Å². The highest BCUT2D eigenvalue weighted by Gasteiger charge is 2.16. The Morgan fingerprint density at radius 2 is 1.67 bits per heavy atom. The fraction of sp³-hybridized carbons (Fsp3) is 0. The lowest BCUT2D eigenvalue weighted by Crippen LogP contribution is -1.98. The van der Waals surface area contributed by atoms with Gasteiger partial charge in [-0.15, -0.1) is 5.11 Å². The van der Waals surface area contributed by atoms with E-state index in [9.17, 15) is 13.5 Å². The molecule has 0 unspecified atom stereocenters. The van der Waals surface area contributed by atoms with E-state index < -0.39 is 15.0 Å². The lowest BCUT2D eigenvalue weighted by molar-refractivity contribution is 0.471. The van der Waals surface area contributed by atoms with Gasteiger partial charge in [0, 0.05) is 6.07 Å². The predicted octanol–water partition coefficient (Wildman–Crippen LogP) is 3.79. The first-order chi connectivity index (χ1) is 11.4. The highest BCUT2D eigenvalue weighted by Crippen LogP contribution is 2.40. The number of benzene rings is 3. The molecule has 3 aromatic rings. The van der Waals surface area contributed by atoms with Crippen LogP contribution in [0.2, 0.25) is 0 Å². The molecule has 0 saturated carbocycles. The van der Waals surface area contributed by atoms with Crippen molar-refractivity contribution in [2.45, 2.75) is 4.90 Å². The minimum Gasteiger partial charge on any atom is -0.507 e. The summed E-state index contributed by atoms with van der Waals surface area (Å²) in [7, 11) is -4.44. The summed E-state index contributed by atoms with van der Waals surface area (Å²) >= 11 is 0. The first-order valence-electron chi connectivity index (χ1n) is 6.86. The van der Waals surface area contributed by atoms with E-state index in [4.69, 9.17) is 10.3 Å². The number of hydrogen-bond acceptors (Lipinski definition) is 6. The molecule has 0 heterocycles. The van der Waals surface area contributed by atoms with Crippen LogP contribution >= 0.6 is 0 Å². The van der Waals surface area contributed by atoms with Crippen LogP contribution in [-0.2, 0) is 10.1 Å². The lowest BCUT2D eigenvalue weighted by atomic mass is 10.1. The maximum atomic E-state index is 11.3. The zero-order valence-electron chi connectivity index (χ0n) is 12.3. The van der Waals surface area contributed by atoms with E-state index in [0.29, 0.717) is 11.1 Å². The summed E-state index contributed by atoms with van der Waals surface area (Å²) < 4.78 is 31.7. The van der Waals surface area contributed by atoms with Gasteiger partial charge in [0.05, 0.1) is 21.7 Å². The maximum Gasteiger partial charge on any atom is 0.294 e. The molecular weight excluding hydrogens is 330 g/mol. The van der Waals surface area contributed by atoms with Gasteiger partial charge in [0.2, 0.25) is 0 Å². The summed E-state index contributed by atoms with van der Waals surface area (Å²) in [5.41, 5.74) is 7.00. The molecule has 0 aliphatic rings. The molecule has 24 heavy (non-hydrogen) atoms. The molecule has 0 atom stereocenters. The van der Waals surface area contributed by atoms with Gasteiger partial charge in [-0.3, -0.25) is 4.55 Å². The number of azo groups is 1. The molecule has 7 nitrogen and oxygen atoms in total. The van der Waals surface area contributed by atoms with Crippen LogP contribution in [0.15, 0.2) is 69.7 Å². The molecule has 0 radical (unpaired) electrons. The largest absolute Gasteiger partial charge is 0.507 e. The Bertz CT molecular complexity index is 1050. The van der Waals surface area contributed by atoms with Crippen LogP contribution in [0, 0.1) is 0 Å². The van der Waals surface area contributed by atoms with Crippen LogP contribution in [0.4, 0.5) is 17.1 Å². The van der Waals surface area contributed by atoms with Crippen molar-refractivity contribution in [3.63, 3.8) is 0 Å². The number of fused-ring (bicyclic) bond motifs is 1. The number of aromatic hydroxyl groups is 1. The molecule has 122 valence electrons. The quantitative estimate of drug-likeness (QED) is 0.379. The van der Waals surface area contributed by atoms with Crippen molar-refractivity contribution in [1.29, 1.82) is 0 Å². The van der Waals surface area contributed by atoms with Gasteiger partial charge in [-0.2, -0.15) is 13.5 Å². The van der Waals surface area contributed by atoms with Crippen molar-refractivity contribution >= 4 is 38.0 Å². The van der Waals surface area contributed by atoms with Crippen molar-refractivity contribution in [2.24, 2.45) is 10.2 Å². The molecule has 0 bridgehead atoms. The van der Waals surface area contributed by atoms with Crippen molar-refractivity contribution in [1.82, 2.24) is 0 Å². The lowest BCUT2D eigenvalue weighted by Gasteiger charge is -2.08. The normalized spacial score (nSPS) is 12.0. The molecule has 3 aromatic carbocycles. The Kier molecular flexibility index (Phi) is 3.92. The van der Waals surface area contributed by atoms with Crippen LogP contribution in [0.5, 0.6) is 5.75 Å². The van der Waals surface area contributed by atoms with E-state index in [1.807, 2.05) is 6.07 Å². The van der Waals surface area contributed by atoms with E-state index in [2.05, 4.69) is 10.2 Å². The highest BCUT2D eigenvalue weighted by molar-refractivity contribution is 7.85. The molecule has 0 spiro atoms. The number of phenolic OH excluding ortho intramolecular Hbond substituents is 1. The Labute approximate surface area is 137 Å². The number of phenols is 1. The number of nitrogen functional groups attached to an aromatic ring is 1. The molecule has 0 aliphatic heterocycles. The zero-order valence-corrected chi connectivity index (χ0v) is 13.1. The summed E-state index contributed by atoms with van der Waals surface area (Å²) in [6.45, 7) is 0. The molecule has 3 rings (SSSR count).